The summed E-state index contributed by atoms with van der Waals surface area (Å²) >= 11 is 1.50. The summed E-state index contributed by atoms with van der Waals surface area (Å²) in [5, 5.41) is 13.0. The van der Waals surface area contributed by atoms with Gasteiger partial charge in [0.1, 0.15) is 5.01 Å². The van der Waals surface area contributed by atoms with E-state index < -0.39 is 0 Å². The van der Waals surface area contributed by atoms with Gasteiger partial charge in [0.25, 0.3) is 0 Å². The second kappa shape index (κ2) is 7.40. The molecule has 0 aromatic carbocycles. The van der Waals surface area contributed by atoms with Crippen LogP contribution in [-0.4, -0.2) is 39.5 Å². The van der Waals surface area contributed by atoms with Gasteiger partial charge in [-0.05, 0) is 25.7 Å². The van der Waals surface area contributed by atoms with Gasteiger partial charge in [0.05, 0.1) is 5.92 Å². The molecule has 25 heavy (non-hydrogen) atoms. The molecular formula is C18H26N4O2S. The average Bonchev–Trinajstić information content (AvgIpc) is 3.35. The van der Waals surface area contributed by atoms with E-state index in [1.54, 1.807) is 0 Å². The lowest BCUT2D eigenvalue weighted by Crippen LogP contribution is -2.35. The van der Waals surface area contributed by atoms with Crippen LogP contribution >= 0.6 is 11.3 Å². The Labute approximate surface area is 152 Å². The fraction of sp³-hybridized carbons (Fsp3) is 0.778. The second-order valence-electron chi connectivity index (χ2n) is 7.66. The molecule has 2 amide bonds. The van der Waals surface area contributed by atoms with E-state index >= 15 is 0 Å². The average molecular weight is 362 g/mol. The van der Waals surface area contributed by atoms with Crippen LogP contribution in [0.1, 0.15) is 75.1 Å². The molecule has 0 bridgehead atoms. The van der Waals surface area contributed by atoms with Crippen LogP contribution < -0.4 is 5.32 Å². The quantitative estimate of drug-likeness (QED) is 0.891. The third-order valence-electron chi connectivity index (χ3n) is 5.92. The molecule has 1 aromatic rings. The highest BCUT2D eigenvalue weighted by Gasteiger charge is 2.38. The molecule has 2 saturated carbocycles. The van der Waals surface area contributed by atoms with Crippen LogP contribution in [-0.2, 0) is 9.59 Å². The SMILES string of the molecule is O=C(Nc1nnc(C2CCCCC2)s1)[C@H]1CC(=O)N(C2CCCC2)C1. The van der Waals surface area contributed by atoms with Gasteiger partial charge >= 0.3 is 0 Å². The lowest BCUT2D eigenvalue weighted by Gasteiger charge is -2.23. The molecule has 6 nitrogen and oxygen atoms in total. The molecule has 1 aliphatic heterocycles. The number of carbonyl (C=O) groups is 2. The smallest absolute Gasteiger partial charge is 0.231 e. The van der Waals surface area contributed by atoms with E-state index in [1.165, 1.54) is 56.3 Å². The molecule has 2 aliphatic carbocycles. The topological polar surface area (TPSA) is 75.2 Å². The number of likely N-dealkylation sites (tertiary alicyclic amines) is 1. The standard InChI is InChI=1S/C18H26N4O2S/c23-15-10-13(11-22(15)14-8-4-5-9-14)16(24)19-18-21-20-17(25-18)12-6-2-1-3-7-12/h12-14H,1-11H2,(H,19,21,24)/t13-/m0/s1. The van der Waals surface area contributed by atoms with Gasteiger partial charge in [-0.25, -0.2) is 0 Å². The molecule has 3 aliphatic rings. The summed E-state index contributed by atoms with van der Waals surface area (Å²) in [5.74, 6) is 0.297. The maximum atomic E-state index is 12.6. The van der Waals surface area contributed by atoms with Crippen LogP contribution in [0.4, 0.5) is 5.13 Å². The predicted molar refractivity (Wildman–Crippen MR) is 96.4 cm³/mol. The first-order valence-electron chi connectivity index (χ1n) is 9.64. The Morgan fingerprint density at radius 3 is 2.52 bits per heavy atom. The molecule has 136 valence electrons. The number of amides is 2. The molecule has 0 radical (unpaired) electrons. The van der Waals surface area contributed by atoms with Crippen molar-refractivity contribution in [1.29, 1.82) is 0 Å². The molecular weight excluding hydrogens is 336 g/mol. The molecule has 4 rings (SSSR count). The zero-order valence-electron chi connectivity index (χ0n) is 14.6. The van der Waals surface area contributed by atoms with Gasteiger partial charge in [0, 0.05) is 24.9 Å². The van der Waals surface area contributed by atoms with E-state index in [0.717, 1.165) is 17.8 Å². The minimum absolute atomic E-state index is 0.0832. The number of carbonyl (C=O) groups excluding carboxylic acids is 2. The number of nitrogens with one attached hydrogen (secondary N) is 1. The molecule has 1 saturated heterocycles. The summed E-state index contributed by atoms with van der Waals surface area (Å²) in [6.07, 6.45) is 11.1. The van der Waals surface area contributed by atoms with Gasteiger partial charge in [-0.3, -0.25) is 9.59 Å². The fourth-order valence-electron chi connectivity index (χ4n) is 4.48. The van der Waals surface area contributed by atoms with E-state index in [0.29, 0.717) is 30.1 Å². The predicted octanol–water partition coefficient (Wildman–Crippen LogP) is 3.32. The van der Waals surface area contributed by atoms with Gasteiger partial charge < -0.3 is 10.2 Å². The summed E-state index contributed by atoms with van der Waals surface area (Å²) in [6.45, 7) is 0.559. The number of hydrogen-bond donors (Lipinski definition) is 1. The highest BCUT2D eigenvalue weighted by molar-refractivity contribution is 7.15. The van der Waals surface area contributed by atoms with Gasteiger partial charge in [-0.15, -0.1) is 10.2 Å². The summed E-state index contributed by atoms with van der Waals surface area (Å²) in [5.41, 5.74) is 0. The third kappa shape index (κ3) is 3.71. The maximum Gasteiger partial charge on any atom is 0.231 e. The lowest BCUT2D eigenvalue weighted by molar-refractivity contribution is -0.129. The number of anilines is 1. The molecule has 3 fully saturated rings. The van der Waals surface area contributed by atoms with E-state index in [-0.39, 0.29) is 17.7 Å². The Balaban J connectivity index is 1.34. The summed E-state index contributed by atoms with van der Waals surface area (Å²) < 4.78 is 0. The van der Waals surface area contributed by atoms with E-state index in [2.05, 4.69) is 15.5 Å². The van der Waals surface area contributed by atoms with Crippen molar-refractivity contribution < 1.29 is 9.59 Å². The first-order valence-corrected chi connectivity index (χ1v) is 10.5. The zero-order chi connectivity index (χ0) is 17.2. The maximum absolute atomic E-state index is 12.6. The molecule has 1 N–H and O–H groups in total. The number of nitrogens with zero attached hydrogens (tertiary/aromatic N) is 3. The van der Waals surface area contributed by atoms with Gasteiger partial charge in [0.15, 0.2) is 0 Å². The van der Waals surface area contributed by atoms with Crippen LogP contribution in [0.25, 0.3) is 0 Å². The van der Waals surface area contributed by atoms with Crippen molar-refractivity contribution in [2.24, 2.45) is 5.92 Å². The van der Waals surface area contributed by atoms with E-state index in [4.69, 9.17) is 0 Å². The van der Waals surface area contributed by atoms with Gasteiger partial charge in [-0.1, -0.05) is 43.4 Å². The molecule has 2 heterocycles. The Morgan fingerprint density at radius 2 is 1.76 bits per heavy atom. The monoisotopic (exact) mass is 362 g/mol. The Morgan fingerprint density at radius 1 is 1.04 bits per heavy atom. The first-order chi connectivity index (χ1) is 12.2. The Kier molecular flexibility index (Phi) is 5.01. The van der Waals surface area contributed by atoms with Crippen LogP contribution in [0.5, 0.6) is 0 Å². The van der Waals surface area contributed by atoms with Gasteiger partial charge in [-0.2, -0.15) is 0 Å². The van der Waals surface area contributed by atoms with Gasteiger partial charge in [0.2, 0.25) is 16.9 Å². The van der Waals surface area contributed by atoms with Crippen molar-refractivity contribution in [2.75, 3.05) is 11.9 Å². The zero-order valence-corrected chi connectivity index (χ0v) is 15.4. The number of rotatable bonds is 4. The van der Waals surface area contributed by atoms with Crippen LogP contribution in [0, 0.1) is 5.92 Å². The Bertz CT molecular complexity index is 635. The Hall–Kier alpha value is -1.50. The third-order valence-corrected chi connectivity index (χ3v) is 6.92. The molecule has 7 heteroatoms. The molecule has 0 unspecified atom stereocenters. The first kappa shape index (κ1) is 16.9. The van der Waals surface area contributed by atoms with Crippen LogP contribution in [0.15, 0.2) is 0 Å². The molecule has 0 spiro atoms. The minimum Gasteiger partial charge on any atom is -0.339 e. The number of aromatic nitrogens is 2. The van der Waals surface area contributed by atoms with Crippen molar-refractivity contribution in [3.63, 3.8) is 0 Å². The van der Waals surface area contributed by atoms with Crippen molar-refractivity contribution in [2.45, 2.75) is 76.2 Å². The highest BCUT2D eigenvalue weighted by atomic mass is 32.1. The largest absolute Gasteiger partial charge is 0.339 e. The van der Waals surface area contributed by atoms with Crippen molar-refractivity contribution in [1.82, 2.24) is 15.1 Å². The van der Waals surface area contributed by atoms with Crippen LogP contribution in [0.2, 0.25) is 0 Å². The second-order valence-corrected chi connectivity index (χ2v) is 8.66. The minimum atomic E-state index is -0.255. The fourth-order valence-corrected chi connectivity index (χ4v) is 5.40. The van der Waals surface area contributed by atoms with Crippen molar-refractivity contribution >= 4 is 28.3 Å². The molecule has 1 aromatic heterocycles. The van der Waals surface area contributed by atoms with Crippen molar-refractivity contribution in [3.8, 4) is 0 Å². The summed E-state index contributed by atoms with van der Waals surface area (Å²) in [7, 11) is 0. The summed E-state index contributed by atoms with van der Waals surface area (Å²) in [6, 6.07) is 0.352. The number of hydrogen-bond acceptors (Lipinski definition) is 5. The van der Waals surface area contributed by atoms with Crippen molar-refractivity contribution in [3.05, 3.63) is 5.01 Å². The van der Waals surface area contributed by atoms with E-state index in [1.807, 2.05) is 4.90 Å². The van der Waals surface area contributed by atoms with E-state index in [9.17, 15) is 9.59 Å². The van der Waals surface area contributed by atoms with Crippen LogP contribution in [0.3, 0.4) is 0 Å². The lowest BCUT2D eigenvalue weighted by atomic mass is 9.90. The normalized spacial score (nSPS) is 25.7. The highest BCUT2D eigenvalue weighted by Crippen LogP contribution is 2.35. The molecule has 1 atom stereocenters. The summed E-state index contributed by atoms with van der Waals surface area (Å²) in [4.78, 5) is 26.8.